The van der Waals surface area contributed by atoms with E-state index in [4.69, 9.17) is 14.6 Å². The molecule has 0 atom stereocenters. The molecule has 1 aromatic heterocycles. The lowest BCUT2D eigenvalue weighted by atomic mass is 9.92. The second-order valence-corrected chi connectivity index (χ2v) is 9.24. The molecule has 3 aromatic rings. The quantitative estimate of drug-likeness (QED) is 0.466. The van der Waals surface area contributed by atoms with E-state index in [0.717, 1.165) is 23.6 Å². The largest absolute Gasteiger partial charge is 0.497 e. The lowest BCUT2D eigenvalue weighted by Gasteiger charge is -2.22. The van der Waals surface area contributed by atoms with E-state index in [1.165, 1.54) is 4.90 Å². The summed E-state index contributed by atoms with van der Waals surface area (Å²) in [5, 5.41) is 7.68. The third-order valence-electron chi connectivity index (χ3n) is 5.35. The van der Waals surface area contributed by atoms with Crippen LogP contribution in [0, 0.1) is 0 Å². The number of nitrogens with zero attached hydrogens (tertiary/aromatic N) is 3. The van der Waals surface area contributed by atoms with Crippen LogP contribution in [0.3, 0.4) is 0 Å². The number of nitrogens with one attached hydrogen (secondary N) is 1. The predicted molar refractivity (Wildman–Crippen MR) is 136 cm³/mol. The molecule has 0 bridgehead atoms. The Hall–Kier alpha value is -3.81. The van der Waals surface area contributed by atoms with Crippen LogP contribution >= 0.6 is 0 Å². The van der Waals surface area contributed by atoms with Crippen molar-refractivity contribution in [3.63, 3.8) is 0 Å². The molecule has 186 valence electrons. The Morgan fingerprint density at radius 2 is 1.71 bits per heavy atom. The third-order valence-corrected chi connectivity index (χ3v) is 5.35. The summed E-state index contributed by atoms with van der Waals surface area (Å²) >= 11 is 0. The van der Waals surface area contributed by atoms with Crippen molar-refractivity contribution in [3.8, 4) is 17.2 Å². The molecule has 3 rings (SSSR count). The topological polar surface area (TPSA) is 85.7 Å². The number of amides is 2. The highest BCUT2D eigenvalue weighted by Gasteiger charge is 2.23. The molecule has 0 radical (unpaired) electrons. The SMILES string of the molecule is CCCN(CC(=O)Nc1cc(C(C)(C)C)nn1-c1ccc(OC)cc1)C(=O)COc1ccccc1. The standard InChI is InChI=1S/C27H34N4O4/c1-6-16-30(26(33)19-35-22-10-8-7-9-11-22)18-25(32)28-24-17-23(27(2,3)4)29-31(24)20-12-14-21(34-5)15-13-20/h7-15,17H,6,16,18-19H2,1-5H3,(H,28,32). The number of benzene rings is 2. The first-order valence-corrected chi connectivity index (χ1v) is 11.7. The van der Waals surface area contributed by atoms with E-state index in [1.54, 1.807) is 23.9 Å². The van der Waals surface area contributed by atoms with Gasteiger partial charge in [0.15, 0.2) is 6.61 Å². The van der Waals surface area contributed by atoms with Crippen LogP contribution in [0.2, 0.25) is 0 Å². The molecule has 0 aliphatic heterocycles. The molecule has 0 saturated heterocycles. The van der Waals surface area contributed by atoms with E-state index >= 15 is 0 Å². The minimum absolute atomic E-state index is 0.0799. The van der Waals surface area contributed by atoms with Crippen molar-refractivity contribution in [2.24, 2.45) is 0 Å². The summed E-state index contributed by atoms with van der Waals surface area (Å²) in [7, 11) is 1.61. The van der Waals surface area contributed by atoms with Gasteiger partial charge in [-0.15, -0.1) is 0 Å². The van der Waals surface area contributed by atoms with E-state index < -0.39 is 0 Å². The molecule has 8 nitrogen and oxygen atoms in total. The molecule has 1 heterocycles. The van der Waals surface area contributed by atoms with Gasteiger partial charge in [-0.05, 0) is 42.8 Å². The fraction of sp³-hybridized carbons (Fsp3) is 0.370. The van der Waals surface area contributed by atoms with Crippen LogP contribution in [-0.2, 0) is 15.0 Å². The van der Waals surface area contributed by atoms with E-state index in [2.05, 4.69) is 26.1 Å². The van der Waals surface area contributed by atoms with E-state index in [1.807, 2.05) is 55.5 Å². The van der Waals surface area contributed by atoms with Gasteiger partial charge in [0.2, 0.25) is 5.91 Å². The number of para-hydroxylation sites is 1. The second-order valence-electron chi connectivity index (χ2n) is 9.24. The summed E-state index contributed by atoms with van der Waals surface area (Å²) < 4.78 is 12.5. The van der Waals surface area contributed by atoms with Gasteiger partial charge >= 0.3 is 0 Å². The number of carbonyl (C=O) groups is 2. The zero-order valence-corrected chi connectivity index (χ0v) is 21.1. The highest BCUT2D eigenvalue weighted by Crippen LogP contribution is 2.27. The van der Waals surface area contributed by atoms with Gasteiger partial charge in [0.1, 0.15) is 23.9 Å². The van der Waals surface area contributed by atoms with Gasteiger partial charge in [-0.3, -0.25) is 9.59 Å². The summed E-state index contributed by atoms with van der Waals surface area (Å²) in [5.74, 6) is 1.33. The fourth-order valence-electron chi connectivity index (χ4n) is 3.43. The van der Waals surface area contributed by atoms with Crippen molar-refractivity contribution in [3.05, 3.63) is 66.4 Å². The maximum absolute atomic E-state index is 13.0. The fourth-order valence-corrected chi connectivity index (χ4v) is 3.43. The average Bonchev–Trinajstić information content (AvgIpc) is 3.27. The molecule has 8 heteroatoms. The van der Waals surface area contributed by atoms with E-state index in [0.29, 0.717) is 18.1 Å². The van der Waals surface area contributed by atoms with Crippen LogP contribution in [0.4, 0.5) is 5.82 Å². The molecule has 0 saturated carbocycles. The van der Waals surface area contributed by atoms with Crippen molar-refractivity contribution >= 4 is 17.6 Å². The molecule has 2 aromatic carbocycles. The van der Waals surface area contributed by atoms with Crippen LogP contribution in [0.15, 0.2) is 60.7 Å². The van der Waals surface area contributed by atoms with Gasteiger partial charge < -0.3 is 19.7 Å². The summed E-state index contributed by atoms with van der Waals surface area (Å²) in [5.41, 5.74) is 1.41. The maximum atomic E-state index is 13.0. The molecule has 1 N–H and O–H groups in total. The van der Waals surface area contributed by atoms with Crippen LogP contribution in [0.5, 0.6) is 11.5 Å². The second kappa shape index (κ2) is 11.6. The van der Waals surface area contributed by atoms with Gasteiger partial charge in [-0.25, -0.2) is 4.68 Å². The van der Waals surface area contributed by atoms with Gasteiger partial charge in [-0.2, -0.15) is 5.10 Å². The molecular formula is C27H34N4O4. The number of carbonyl (C=O) groups excluding carboxylic acids is 2. The highest BCUT2D eigenvalue weighted by atomic mass is 16.5. The number of hydrogen-bond donors (Lipinski definition) is 1. The zero-order valence-electron chi connectivity index (χ0n) is 21.1. The van der Waals surface area contributed by atoms with Crippen LogP contribution < -0.4 is 14.8 Å². The van der Waals surface area contributed by atoms with Gasteiger partial charge in [0, 0.05) is 18.0 Å². The summed E-state index contributed by atoms with van der Waals surface area (Å²) in [6.07, 6.45) is 0.725. The van der Waals surface area contributed by atoms with Gasteiger partial charge in [-0.1, -0.05) is 45.9 Å². The molecule has 2 amide bonds. The molecule has 0 aliphatic rings. The van der Waals surface area contributed by atoms with Crippen molar-refractivity contribution < 1.29 is 19.1 Å². The Morgan fingerprint density at radius 3 is 2.31 bits per heavy atom. The number of methoxy groups -OCH3 is 1. The van der Waals surface area contributed by atoms with Crippen molar-refractivity contribution in [2.75, 3.05) is 32.1 Å². The van der Waals surface area contributed by atoms with E-state index in [-0.39, 0.29) is 30.4 Å². The molecule has 0 spiro atoms. The molecule has 35 heavy (non-hydrogen) atoms. The zero-order chi connectivity index (χ0) is 25.4. The number of anilines is 1. The molecular weight excluding hydrogens is 444 g/mol. The normalized spacial score (nSPS) is 11.1. The van der Waals surface area contributed by atoms with Crippen molar-refractivity contribution in [2.45, 2.75) is 39.5 Å². The number of aromatic nitrogens is 2. The van der Waals surface area contributed by atoms with Crippen LogP contribution in [-0.4, -0.2) is 53.3 Å². The van der Waals surface area contributed by atoms with Crippen molar-refractivity contribution in [1.82, 2.24) is 14.7 Å². The van der Waals surface area contributed by atoms with E-state index in [9.17, 15) is 9.59 Å². The van der Waals surface area contributed by atoms with Gasteiger partial charge in [0.05, 0.1) is 18.5 Å². The Labute approximate surface area is 206 Å². The smallest absolute Gasteiger partial charge is 0.260 e. The molecule has 0 unspecified atom stereocenters. The summed E-state index contributed by atoms with van der Waals surface area (Å²) in [6, 6.07) is 18.4. The first-order valence-electron chi connectivity index (χ1n) is 11.7. The number of ether oxygens (including phenoxy) is 2. The monoisotopic (exact) mass is 478 g/mol. The minimum atomic E-state index is -0.304. The Morgan fingerprint density at radius 1 is 1.03 bits per heavy atom. The lowest BCUT2D eigenvalue weighted by molar-refractivity contribution is -0.136. The lowest BCUT2D eigenvalue weighted by Crippen LogP contribution is -2.41. The first-order chi connectivity index (χ1) is 16.7. The Kier molecular flexibility index (Phi) is 8.52. The Balaban J connectivity index is 1.75. The number of rotatable bonds is 10. The van der Waals surface area contributed by atoms with Gasteiger partial charge in [0.25, 0.3) is 5.91 Å². The third kappa shape index (κ3) is 7.09. The highest BCUT2D eigenvalue weighted by molar-refractivity contribution is 5.94. The summed E-state index contributed by atoms with van der Waals surface area (Å²) in [4.78, 5) is 27.3. The van der Waals surface area contributed by atoms with Crippen LogP contribution in [0.25, 0.3) is 5.69 Å². The molecule has 0 aliphatic carbocycles. The van der Waals surface area contributed by atoms with Crippen LogP contribution in [0.1, 0.15) is 39.8 Å². The first kappa shape index (κ1) is 25.8. The average molecular weight is 479 g/mol. The predicted octanol–water partition coefficient (Wildman–Crippen LogP) is 4.43. The maximum Gasteiger partial charge on any atom is 0.260 e. The number of hydrogen-bond acceptors (Lipinski definition) is 5. The van der Waals surface area contributed by atoms with Crippen molar-refractivity contribution in [1.29, 1.82) is 0 Å². The minimum Gasteiger partial charge on any atom is -0.497 e. The summed E-state index contributed by atoms with van der Waals surface area (Å²) in [6.45, 7) is 8.40. The molecule has 0 fully saturated rings. The Bertz CT molecular complexity index is 1120.